The molecule has 5 nitrogen and oxygen atoms in total. The van der Waals surface area contributed by atoms with E-state index in [1.807, 2.05) is 9.96 Å². The van der Waals surface area contributed by atoms with E-state index in [0.29, 0.717) is 39.1 Å². The number of ether oxygens (including phenoxy) is 1. The molecule has 0 radical (unpaired) electrons. The number of rotatable bonds is 5. The minimum absolute atomic E-state index is 0.0267. The molecule has 1 amide bonds. The summed E-state index contributed by atoms with van der Waals surface area (Å²) in [5.74, 6) is -0.0906. The van der Waals surface area contributed by atoms with E-state index in [1.165, 1.54) is 12.1 Å². The van der Waals surface area contributed by atoms with Crippen LogP contribution in [0.3, 0.4) is 0 Å². The smallest absolute Gasteiger partial charge is 0.224 e. The van der Waals surface area contributed by atoms with Crippen LogP contribution < -0.4 is 0 Å². The Morgan fingerprint density at radius 1 is 1.22 bits per heavy atom. The van der Waals surface area contributed by atoms with Gasteiger partial charge in [0.25, 0.3) is 0 Å². The summed E-state index contributed by atoms with van der Waals surface area (Å²) < 4.78 is 18.7. The monoisotopic (exact) mass is 322 g/mol. The molecule has 1 aromatic rings. The molecule has 0 aromatic heterocycles. The van der Waals surface area contributed by atoms with Crippen LogP contribution in [-0.4, -0.2) is 61.4 Å². The first-order valence-corrected chi connectivity index (χ1v) is 8.22. The third-order valence-electron chi connectivity index (χ3n) is 4.27. The van der Waals surface area contributed by atoms with Crippen LogP contribution in [0.2, 0.25) is 0 Å². The summed E-state index contributed by atoms with van der Waals surface area (Å²) in [6, 6.07) is 6.45. The van der Waals surface area contributed by atoms with Crippen molar-refractivity contribution in [2.24, 2.45) is 0 Å². The van der Waals surface area contributed by atoms with E-state index in [-0.39, 0.29) is 17.8 Å². The fourth-order valence-electron chi connectivity index (χ4n) is 3.01. The van der Waals surface area contributed by atoms with Crippen molar-refractivity contribution in [1.29, 1.82) is 0 Å². The molecule has 0 saturated carbocycles. The third-order valence-corrected chi connectivity index (χ3v) is 4.27. The first-order valence-electron chi connectivity index (χ1n) is 8.22. The van der Waals surface area contributed by atoms with Crippen LogP contribution >= 0.6 is 0 Å². The molecule has 2 heterocycles. The SMILES string of the molecule is O=C(CCN1CCCO1)N1CCO[C@@H](Cc2ccc(F)cc2)C1. The molecular weight excluding hydrogens is 299 g/mol. The fourth-order valence-corrected chi connectivity index (χ4v) is 3.01. The van der Waals surface area contributed by atoms with Crippen LogP contribution in [0.25, 0.3) is 0 Å². The predicted octanol–water partition coefficient (Wildman–Crippen LogP) is 1.62. The van der Waals surface area contributed by atoms with Crippen molar-refractivity contribution < 1.29 is 18.8 Å². The predicted molar refractivity (Wildman–Crippen MR) is 83.2 cm³/mol. The maximum absolute atomic E-state index is 12.9. The molecule has 23 heavy (non-hydrogen) atoms. The van der Waals surface area contributed by atoms with Crippen molar-refractivity contribution in [3.63, 3.8) is 0 Å². The summed E-state index contributed by atoms with van der Waals surface area (Å²) in [7, 11) is 0. The molecule has 126 valence electrons. The van der Waals surface area contributed by atoms with Crippen molar-refractivity contribution in [1.82, 2.24) is 9.96 Å². The third kappa shape index (κ3) is 4.73. The Morgan fingerprint density at radius 2 is 2.04 bits per heavy atom. The number of hydroxylamine groups is 2. The maximum Gasteiger partial charge on any atom is 0.224 e. The van der Waals surface area contributed by atoms with Crippen LogP contribution in [0.5, 0.6) is 0 Å². The highest BCUT2D eigenvalue weighted by Crippen LogP contribution is 2.14. The Bertz CT molecular complexity index is 517. The maximum atomic E-state index is 12.9. The van der Waals surface area contributed by atoms with Gasteiger partial charge in [-0.25, -0.2) is 4.39 Å². The number of nitrogens with zero attached hydrogens (tertiary/aromatic N) is 2. The summed E-state index contributed by atoms with van der Waals surface area (Å²) >= 11 is 0. The second-order valence-electron chi connectivity index (χ2n) is 6.03. The molecule has 3 rings (SSSR count). The number of hydrogen-bond donors (Lipinski definition) is 0. The van der Waals surface area contributed by atoms with E-state index in [4.69, 9.17) is 9.57 Å². The lowest BCUT2D eigenvalue weighted by Gasteiger charge is -2.33. The molecule has 1 atom stereocenters. The number of benzene rings is 1. The van der Waals surface area contributed by atoms with Gasteiger partial charge in [0.2, 0.25) is 5.91 Å². The lowest BCUT2D eigenvalue weighted by atomic mass is 10.1. The minimum atomic E-state index is -0.237. The van der Waals surface area contributed by atoms with Gasteiger partial charge in [-0.1, -0.05) is 12.1 Å². The van der Waals surface area contributed by atoms with Gasteiger partial charge in [-0.15, -0.1) is 0 Å². The molecule has 2 aliphatic heterocycles. The van der Waals surface area contributed by atoms with Gasteiger partial charge in [-0.05, 0) is 24.1 Å². The highest BCUT2D eigenvalue weighted by molar-refractivity contribution is 5.76. The summed E-state index contributed by atoms with van der Waals surface area (Å²) in [4.78, 5) is 19.6. The molecule has 1 aromatic carbocycles. The number of carbonyl (C=O) groups excluding carboxylic acids is 1. The van der Waals surface area contributed by atoms with Crippen LogP contribution in [0.4, 0.5) is 4.39 Å². The van der Waals surface area contributed by atoms with Crippen molar-refractivity contribution in [3.05, 3.63) is 35.6 Å². The van der Waals surface area contributed by atoms with E-state index in [0.717, 1.165) is 25.1 Å². The quantitative estimate of drug-likeness (QED) is 0.826. The van der Waals surface area contributed by atoms with Crippen molar-refractivity contribution in [3.8, 4) is 0 Å². The van der Waals surface area contributed by atoms with Gasteiger partial charge in [-0.2, -0.15) is 5.06 Å². The van der Waals surface area contributed by atoms with Crippen molar-refractivity contribution in [2.75, 3.05) is 39.4 Å². The Labute approximate surface area is 135 Å². The van der Waals surface area contributed by atoms with Crippen LogP contribution in [0.15, 0.2) is 24.3 Å². The summed E-state index contributed by atoms with van der Waals surface area (Å²) in [5, 5.41) is 1.87. The Morgan fingerprint density at radius 3 is 2.78 bits per heavy atom. The van der Waals surface area contributed by atoms with E-state index in [1.54, 1.807) is 12.1 Å². The topological polar surface area (TPSA) is 42.0 Å². The van der Waals surface area contributed by atoms with Crippen LogP contribution in [-0.2, 0) is 20.8 Å². The minimum Gasteiger partial charge on any atom is -0.374 e. The molecule has 2 aliphatic rings. The van der Waals surface area contributed by atoms with Crippen molar-refractivity contribution in [2.45, 2.75) is 25.4 Å². The molecule has 0 N–H and O–H groups in total. The molecule has 0 bridgehead atoms. The number of amides is 1. The Kier molecular flexibility index (Phi) is 5.59. The zero-order chi connectivity index (χ0) is 16.1. The lowest BCUT2D eigenvalue weighted by Crippen LogP contribution is -2.47. The average molecular weight is 322 g/mol. The molecular formula is C17H23FN2O3. The fraction of sp³-hybridized carbons (Fsp3) is 0.588. The van der Waals surface area contributed by atoms with E-state index < -0.39 is 0 Å². The number of carbonyl (C=O) groups is 1. The molecule has 0 aliphatic carbocycles. The van der Waals surface area contributed by atoms with Gasteiger partial charge in [0, 0.05) is 39.0 Å². The molecule has 0 spiro atoms. The molecule has 0 unspecified atom stereocenters. The van der Waals surface area contributed by atoms with Gasteiger partial charge in [0.1, 0.15) is 5.82 Å². The zero-order valence-corrected chi connectivity index (χ0v) is 13.2. The zero-order valence-electron chi connectivity index (χ0n) is 13.2. The average Bonchev–Trinajstić information content (AvgIpc) is 3.08. The van der Waals surface area contributed by atoms with E-state index in [9.17, 15) is 9.18 Å². The lowest BCUT2D eigenvalue weighted by molar-refractivity contribution is -0.145. The van der Waals surface area contributed by atoms with Crippen LogP contribution in [0, 0.1) is 5.82 Å². The molecule has 2 saturated heterocycles. The first kappa shape index (κ1) is 16.4. The Hall–Kier alpha value is -1.50. The normalized spacial score (nSPS) is 22.5. The van der Waals surface area contributed by atoms with Crippen LogP contribution in [0.1, 0.15) is 18.4 Å². The van der Waals surface area contributed by atoms with Gasteiger partial charge in [-0.3, -0.25) is 9.63 Å². The number of morpholine rings is 1. The standard InChI is InChI=1S/C17H23FN2O3/c18-15-4-2-14(3-5-15)12-16-13-19(9-11-22-16)17(21)6-8-20-7-1-10-23-20/h2-5,16H,1,6-13H2/t16-/m0/s1. The van der Waals surface area contributed by atoms with Gasteiger partial charge >= 0.3 is 0 Å². The largest absolute Gasteiger partial charge is 0.374 e. The van der Waals surface area contributed by atoms with E-state index in [2.05, 4.69) is 0 Å². The first-order chi connectivity index (χ1) is 11.2. The van der Waals surface area contributed by atoms with Gasteiger partial charge < -0.3 is 9.64 Å². The Balaban J connectivity index is 1.46. The molecule has 6 heteroatoms. The highest BCUT2D eigenvalue weighted by Gasteiger charge is 2.25. The summed E-state index contributed by atoms with van der Waals surface area (Å²) in [6.07, 6.45) is 2.18. The van der Waals surface area contributed by atoms with Gasteiger partial charge in [0.15, 0.2) is 0 Å². The van der Waals surface area contributed by atoms with Gasteiger partial charge in [0.05, 0.1) is 19.3 Å². The molecule has 2 fully saturated rings. The number of hydrogen-bond acceptors (Lipinski definition) is 4. The summed E-state index contributed by atoms with van der Waals surface area (Å²) in [6.45, 7) is 4.10. The second kappa shape index (κ2) is 7.86. The highest BCUT2D eigenvalue weighted by atomic mass is 19.1. The van der Waals surface area contributed by atoms with E-state index >= 15 is 0 Å². The second-order valence-corrected chi connectivity index (χ2v) is 6.03. The number of halogens is 1. The van der Waals surface area contributed by atoms with Crippen molar-refractivity contribution >= 4 is 5.91 Å². The summed E-state index contributed by atoms with van der Waals surface area (Å²) in [5.41, 5.74) is 1.02.